The topological polar surface area (TPSA) is 102 Å². The van der Waals surface area contributed by atoms with Crippen molar-refractivity contribution in [3.05, 3.63) is 18.3 Å². The molecule has 4 N–H and O–H groups in total. The van der Waals surface area contributed by atoms with Crippen LogP contribution in [-0.2, 0) is 10.0 Å². The summed E-state index contributed by atoms with van der Waals surface area (Å²) in [4.78, 5) is 6.35. The Labute approximate surface area is 107 Å². The first-order valence-electron chi connectivity index (χ1n) is 5.87. The van der Waals surface area contributed by atoms with Crippen molar-refractivity contribution in [1.29, 1.82) is 0 Å². The minimum Gasteiger partial charge on any atom is -0.354 e. The SMILES string of the molecule is CC1CC(CN)CN1c1ccc(S(N)(=O)=O)cn1. The van der Waals surface area contributed by atoms with Gasteiger partial charge in [0.15, 0.2) is 0 Å². The average Bonchev–Trinajstić information content (AvgIpc) is 2.70. The third-order valence-electron chi connectivity index (χ3n) is 3.34. The monoisotopic (exact) mass is 270 g/mol. The second-order valence-corrected chi connectivity index (χ2v) is 6.30. The number of nitrogens with zero attached hydrogens (tertiary/aromatic N) is 2. The van der Waals surface area contributed by atoms with Gasteiger partial charge in [-0.2, -0.15) is 0 Å². The normalized spacial score (nSPS) is 24.5. The summed E-state index contributed by atoms with van der Waals surface area (Å²) in [6.07, 6.45) is 2.34. The standard InChI is InChI=1S/C11H18N4O2S/c1-8-4-9(5-12)7-15(8)11-3-2-10(6-14-11)18(13,16)17/h2-3,6,8-9H,4-5,7,12H2,1H3,(H2,13,16,17). The molecular formula is C11H18N4O2S. The molecule has 18 heavy (non-hydrogen) atoms. The van der Waals surface area contributed by atoms with Gasteiger partial charge in [-0.3, -0.25) is 0 Å². The van der Waals surface area contributed by atoms with Crippen molar-refractivity contribution in [2.75, 3.05) is 18.0 Å². The fraction of sp³-hybridized carbons (Fsp3) is 0.545. The van der Waals surface area contributed by atoms with Crippen molar-refractivity contribution in [2.45, 2.75) is 24.3 Å². The number of rotatable bonds is 3. The van der Waals surface area contributed by atoms with E-state index >= 15 is 0 Å². The van der Waals surface area contributed by atoms with Crippen molar-refractivity contribution in [2.24, 2.45) is 16.8 Å². The predicted octanol–water partition coefficient (Wildman–Crippen LogP) is -0.0975. The first-order chi connectivity index (χ1) is 8.41. The first kappa shape index (κ1) is 13.3. The lowest BCUT2D eigenvalue weighted by atomic mass is 10.1. The van der Waals surface area contributed by atoms with Gasteiger partial charge in [0.2, 0.25) is 10.0 Å². The van der Waals surface area contributed by atoms with Crippen molar-refractivity contribution in [3.63, 3.8) is 0 Å². The number of primary sulfonamides is 1. The quantitative estimate of drug-likeness (QED) is 0.798. The van der Waals surface area contributed by atoms with Crippen LogP contribution in [0.5, 0.6) is 0 Å². The molecule has 1 saturated heterocycles. The van der Waals surface area contributed by atoms with E-state index in [0.29, 0.717) is 18.5 Å². The molecule has 6 nitrogen and oxygen atoms in total. The molecule has 0 bridgehead atoms. The molecule has 0 spiro atoms. The molecule has 1 aliphatic heterocycles. The number of anilines is 1. The Morgan fingerprint density at radius 2 is 2.22 bits per heavy atom. The zero-order valence-electron chi connectivity index (χ0n) is 10.3. The average molecular weight is 270 g/mol. The summed E-state index contributed by atoms with van der Waals surface area (Å²) in [5.41, 5.74) is 5.67. The Bertz CT molecular complexity index is 514. The fourth-order valence-corrected chi connectivity index (χ4v) is 2.80. The Morgan fingerprint density at radius 3 is 2.67 bits per heavy atom. The van der Waals surface area contributed by atoms with Crippen LogP contribution in [0.25, 0.3) is 0 Å². The summed E-state index contributed by atoms with van der Waals surface area (Å²) in [7, 11) is -3.67. The van der Waals surface area contributed by atoms with Crippen molar-refractivity contribution < 1.29 is 8.42 Å². The first-order valence-corrected chi connectivity index (χ1v) is 7.42. The highest BCUT2D eigenvalue weighted by Gasteiger charge is 2.28. The molecule has 2 heterocycles. The Kier molecular flexibility index (Phi) is 3.56. The van der Waals surface area contributed by atoms with Crippen molar-refractivity contribution in [3.8, 4) is 0 Å². The number of hydrogen-bond acceptors (Lipinski definition) is 5. The molecule has 2 rings (SSSR count). The molecule has 1 fully saturated rings. The maximum Gasteiger partial charge on any atom is 0.239 e. The van der Waals surface area contributed by atoms with Crippen LogP contribution in [0.2, 0.25) is 0 Å². The Morgan fingerprint density at radius 1 is 1.50 bits per heavy atom. The van der Waals surface area contributed by atoms with E-state index in [1.54, 1.807) is 6.07 Å². The molecule has 1 aromatic heterocycles. The number of nitrogens with two attached hydrogens (primary N) is 2. The summed E-state index contributed by atoms with van der Waals surface area (Å²) >= 11 is 0. The molecule has 0 radical (unpaired) electrons. The second-order valence-electron chi connectivity index (χ2n) is 4.74. The molecule has 0 saturated carbocycles. The second kappa shape index (κ2) is 4.83. The maximum atomic E-state index is 11.1. The summed E-state index contributed by atoms with van der Waals surface area (Å²) in [6.45, 7) is 3.64. The van der Waals surface area contributed by atoms with Gasteiger partial charge in [-0.05, 0) is 37.9 Å². The molecule has 100 valence electrons. The van der Waals surface area contributed by atoms with Gasteiger partial charge in [0.25, 0.3) is 0 Å². The fourth-order valence-electron chi connectivity index (χ4n) is 2.34. The molecule has 1 aromatic rings. The molecule has 1 aliphatic rings. The Hall–Kier alpha value is -1.18. The molecule has 0 amide bonds. The van der Waals surface area contributed by atoms with Gasteiger partial charge in [-0.15, -0.1) is 0 Å². The summed E-state index contributed by atoms with van der Waals surface area (Å²) < 4.78 is 22.3. The smallest absolute Gasteiger partial charge is 0.239 e. The maximum absolute atomic E-state index is 11.1. The molecule has 0 aliphatic carbocycles. The Balaban J connectivity index is 2.20. The van der Waals surface area contributed by atoms with Crippen LogP contribution < -0.4 is 15.8 Å². The lowest BCUT2D eigenvalue weighted by Gasteiger charge is -2.22. The number of hydrogen-bond donors (Lipinski definition) is 2. The van der Waals surface area contributed by atoms with E-state index in [-0.39, 0.29) is 4.90 Å². The number of sulfonamides is 1. The van der Waals surface area contributed by atoms with Crippen LogP contribution in [0, 0.1) is 5.92 Å². The molecule has 0 aromatic carbocycles. The van der Waals surface area contributed by atoms with E-state index in [4.69, 9.17) is 10.9 Å². The van der Waals surface area contributed by atoms with Gasteiger partial charge in [-0.1, -0.05) is 0 Å². The molecule has 2 unspecified atom stereocenters. The highest BCUT2D eigenvalue weighted by Crippen LogP contribution is 2.27. The van der Waals surface area contributed by atoms with Crippen LogP contribution in [0.4, 0.5) is 5.82 Å². The van der Waals surface area contributed by atoms with Crippen molar-refractivity contribution in [1.82, 2.24) is 4.98 Å². The third-order valence-corrected chi connectivity index (χ3v) is 4.24. The third kappa shape index (κ3) is 2.63. The lowest BCUT2D eigenvalue weighted by Crippen LogP contribution is -2.28. The van der Waals surface area contributed by atoms with Crippen LogP contribution >= 0.6 is 0 Å². The van der Waals surface area contributed by atoms with E-state index in [1.807, 2.05) is 0 Å². The number of aromatic nitrogens is 1. The highest BCUT2D eigenvalue weighted by molar-refractivity contribution is 7.89. The van der Waals surface area contributed by atoms with Gasteiger partial charge >= 0.3 is 0 Å². The van der Waals surface area contributed by atoms with Gasteiger partial charge < -0.3 is 10.6 Å². The van der Waals surface area contributed by atoms with E-state index in [2.05, 4.69) is 16.8 Å². The zero-order valence-corrected chi connectivity index (χ0v) is 11.1. The largest absolute Gasteiger partial charge is 0.354 e. The summed E-state index contributed by atoms with van der Waals surface area (Å²) in [6, 6.07) is 3.54. The molecule has 7 heteroatoms. The van der Waals surface area contributed by atoms with Gasteiger partial charge in [0.1, 0.15) is 10.7 Å². The summed E-state index contributed by atoms with van der Waals surface area (Å²) in [5.74, 6) is 1.24. The van der Waals surface area contributed by atoms with E-state index < -0.39 is 10.0 Å². The minimum absolute atomic E-state index is 0.0356. The van der Waals surface area contributed by atoms with E-state index in [1.165, 1.54) is 12.3 Å². The van der Waals surface area contributed by atoms with Crippen LogP contribution in [-0.4, -0.2) is 32.5 Å². The van der Waals surface area contributed by atoms with Gasteiger partial charge in [-0.25, -0.2) is 18.5 Å². The summed E-state index contributed by atoms with van der Waals surface area (Å²) in [5, 5.41) is 5.03. The highest BCUT2D eigenvalue weighted by atomic mass is 32.2. The number of pyridine rings is 1. The van der Waals surface area contributed by atoms with Crippen LogP contribution in [0.15, 0.2) is 23.2 Å². The van der Waals surface area contributed by atoms with E-state index in [0.717, 1.165) is 18.8 Å². The van der Waals surface area contributed by atoms with Crippen LogP contribution in [0.3, 0.4) is 0 Å². The zero-order chi connectivity index (χ0) is 13.3. The lowest BCUT2D eigenvalue weighted by molar-refractivity contribution is 0.579. The van der Waals surface area contributed by atoms with Gasteiger partial charge in [0, 0.05) is 18.8 Å². The van der Waals surface area contributed by atoms with E-state index in [9.17, 15) is 8.42 Å². The van der Waals surface area contributed by atoms with Crippen molar-refractivity contribution >= 4 is 15.8 Å². The molecular weight excluding hydrogens is 252 g/mol. The van der Waals surface area contributed by atoms with Crippen LogP contribution in [0.1, 0.15) is 13.3 Å². The predicted molar refractivity (Wildman–Crippen MR) is 69.6 cm³/mol. The van der Waals surface area contributed by atoms with Gasteiger partial charge in [0.05, 0.1) is 0 Å². The minimum atomic E-state index is -3.67. The molecule has 2 atom stereocenters.